The normalized spacial score (nSPS) is 15.4. The number of sulfonamides is 1. The average Bonchev–Trinajstić information content (AvgIpc) is 3.35. The van der Waals surface area contributed by atoms with Crippen LogP contribution in [0.2, 0.25) is 0 Å². The summed E-state index contributed by atoms with van der Waals surface area (Å²) in [5.74, 6) is -1.37. The van der Waals surface area contributed by atoms with E-state index in [1.165, 1.54) is 23.5 Å². The number of rotatable bonds is 10. The zero-order chi connectivity index (χ0) is 28.6. The van der Waals surface area contributed by atoms with Crippen LogP contribution in [-0.2, 0) is 10.0 Å². The quantitative estimate of drug-likeness (QED) is 0.296. The van der Waals surface area contributed by atoms with Crippen molar-refractivity contribution in [2.24, 2.45) is 5.14 Å². The van der Waals surface area contributed by atoms with Crippen LogP contribution >= 0.6 is 11.3 Å². The summed E-state index contributed by atoms with van der Waals surface area (Å²) < 4.78 is 61.8. The van der Waals surface area contributed by atoms with Crippen molar-refractivity contribution >= 4 is 32.2 Å². The van der Waals surface area contributed by atoms with Crippen molar-refractivity contribution < 1.29 is 26.7 Å². The van der Waals surface area contributed by atoms with Crippen molar-refractivity contribution in [1.82, 2.24) is 9.88 Å². The van der Waals surface area contributed by atoms with Gasteiger partial charge in [0, 0.05) is 43.4 Å². The van der Waals surface area contributed by atoms with E-state index >= 15 is 0 Å². The summed E-state index contributed by atoms with van der Waals surface area (Å²) in [6.45, 7) is 9.55. The highest BCUT2D eigenvalue weighted by molar-refractivity contribution is 7.89. The topological polar surface area (TPSA) is 107 Å². The number of nitrogens with one attached hydrogen (secondary N) is 1. The molecule has 39 heavy (non-hydrogen) atoms. The van der Waals surface area contributed by atoms with E-state index in [2.05, 4.69) is 10.3 Å². The molecule has 0 saturated carbocycles. The summed E-state index contributed by atoms with van der Waals surface area (Å²) >= 11 is 1.37. The largest absolute Gasteiger partial charge is 0.492 e. The lowest BCUT2D eigenvalue weighted by atomic mass is 10.1. The second kappa shape index (κ2) is 13.5. The van der Waals surface area contributed by atoms with Gasteiger partial charge in [0.05, 0.1) is 22.4 Å². The number of thiazole rings is 1. The molecule has 0 bridgehead atoms. The molecular weight excluding hydrogens is 546 g/mol. The molecule has 0 aliphatic carbocycles. The highest BCUT2D eigenvalue weighted by Gasteiger charge is 2.33. The molecule has 3 aromatic rings. The van der Waals surface area contributed by atoms with E-state index < -0.39 is 15.9 Å². The van der Waals surface area contributed by atoms with Gasteiger partial charge in [0.2, 0.25) is 10.0 Å². The van der Waals surface area contributed by atoms with Crippen LogP contribution in [0.25, 0.3) is 11.3 Å². The zero-order valence-electron chi connectivity index (χ0n) is 22.6. The second-order valence-electron chi connectivity index (χ2n) is 9.10. The van der Waals surface area contributed by atoms with Crippen molar-refractivity contribution in [3.8, 4) is 22.8 Å². The van der Waals surface area contributed by atoms with Gasteiger partial charge in [0.25, 0.3) is 5.92 Å². The van der Waals surface area contributed by atoms with Crippen molar-refractivity contribution in [3.05, 3.63) is 47.8 Å². The maximum Gasteiger partial charge on any atom is 0.250 e. The van der Waals surface area contributed by atoms with E-state index in [9.17, 15) is 17.2 Å². The molecular formula is C27H36F2N4O4S2. The number of ether oxygens (including phenoxy) is 2. The zero-order valence-corrected chi connectivity index (χ0v) is 24.2. The smallest absolute Gasteiger partial charge is 0.250 e. The van der Waals surface area contributed by atoms with Gasteiger partial charge in [-0.15, -0.1) is 11.3 Å². The summed E-state index contributed by atoms with van der Waals surface area (Å²) in [4.78, 5) is 6.58. The van der Waals surface area contributed by atoms with Gasteiger partial charge in [-0.25, -0.2) is 27.3 Å². The number of nitrogens with zero attached hydrogens (tertiary/aromatic N) is 2. The van der Waals surface area contributed by atoms with E-state index in [1.54, 1.807) is 6.07 Å². The molecule has 4 rings (SSSR count). The molecule has 8 nitrogen and oxygen atoms in total. The minimum atomic E-state index is -3.88. The molecule has 1 aliphatic rings. The predicted molar refractivity (Wildman–Crippen MR) is 152 cm³/mol. The van der Waals surface area contributed by atoms with Crippen molar-refractivity contribution in [1.29, 1.82) is 0 Å². The van der Waals surface area contributed by atoms with E-state index in [-0.39, 0.29) is 23.8 Å². The molecule has 0 radical (unpaired) electrons. The molecule has 2 aromatic carbocycles. The monoisotopic (exact) mass is 582 g/mol. The third kappa shape index (κ3) is 9.13. The molecule has 214 valence electrons. The van der Waals surface area contributed by atoms with Crippen LogP contribution in [0.15, 0.2) is 52.7 Å². The number of aromatic nitrogens is 1. The van der Waals surface area contributed by atoms with Crippen LogP contribution < -0.4 is 19.9 Å². The Morgan fingerprint density at radius 2 is 1.79 bits per heavy atom. The fourth-order valence-corrected chi connectivity index (χ4v) is 5.11. The minimum absolute atomic E-state index is 0.0308. The highest BCUT2D eigenvalue weighted by Crippen LogP contribution is 2.34. The Hall–Kier alpha value is -2.80. The van der Waals surface area contributed by atoms with E-state index in [0.29, 0.717) is 48.6 Å². The molecule has 0 amide bonds. The Morgan fingerprint density at radius 3 is 2.41 bits per heavy atom. The van der Waals surface area contributed by atoms with Gasteiger partial charge in [0.15, 0.2) is 5.13 Å². The molecule has 0 atom stereocenters. The Bertz CT molecular complexity index is 1310. The fraction of sp³-hybridized carbons (Fsp3) is 0.444. The molecule has 1 aliphatic heterocycles. The second-order valence-corrected chi connectivity index (χ2v) is 11.5. The van der Waals surface area contributed by atoms with Crippen LogP contribution in [-0.4, -0.2) is 56.6 Å². The fourth-order valence-electron chi connectivity index (χ4n) is 3.84. The molecule has 12 heteroatoms. The lowest BCUT2D eigenvalue weighted by Gasteiger charge is -2.31. The summed E-state index contributed by atoms with van der Waals surface area (Å²) in [6.07, 6.45) is -0.316. The van der Waals surface area contributed by atoms with Gasteiger partial charge in [-0.1, -0.05) is 13.8 Å². The van der Waals surface area contributed by atoms with Crippen molar-refractivity contribution in [2.75, 3.05) is 31.6 Å². The van der Waals surface area contributed by atoms with E-state index in [4.69, 9.17) is 14.6 Å². The summed E-state index contributed by atoms with van der Waals surface area (Å²) in [7, 11) is -3.88. The van der Waals surface area contributed by atoms with Gasteiger partial charge in [-0.2, -0.15) is 0 Å². The number of primary sulfonamides is 1. The number of alkyl halides is 2. The number of anilines is 2. The summed E-state index contributed by atoms with van der Waals surface area (Å²) in [5, 5.41) is 10.9. The number of piperidine rings is 1. The number of halogens is 2. The maximum atomic E-state index is 13.3. The van der Waals surface area contributed by atoms with Crippen LogP contribution in [0.1, 0.15) is 40.5 Å². The third-order valence-corrected chi connectivity index (χ3v) is 7.47. The average molecular weight is 583 g/mol. The molecule has 2 heterocycles. The lowest BCUT2D eigenvalue weighted by Crippen LogP contribution is -2.41. The highest BCUT2D eigenvalue weighted by atomic mass is 32.2. The van der Waals surface area contributed by atoms with Crippen LogP contribution in [0, 0.1) is 0 Å². The number of benzene rings is 2. The first-order chi connectivity index (χ1) is 18.5. The molecule has 1 saturated heterocycles. The molecule has 3 N–H and O–H groups in total. The minimum Gasteiger partial charge on any atom is -0.492 e. The van der Waals surface area contributed by atoms with Crippen LogP contribution in [0.4, 0.5) is 19.6 Å². The Balaban J connectivity index is 0.00000205. The van der Waals surface area contributed by atoms with Gasteiger partial charge >= 0.3 is 0 Å². The number of hydrogen-bond acceptors (Lipinski definition) is 8. The van der Waals surface area contributed by atoms with Crippen LogP contribution in [0.3, 0.4) is 0 Å². The van der Waals surface area contributed by atoms with Crippen molar-refractivity contribution in [3.63, 3.8) is 0 Å². The first-order valence-electron chi connectivity index (χ1n) is 12.9. The standard InChI is InChI=1S/C25H30F2N4O4S2.C2H6/c1-17(2)35-23-8-7-20(37(28,32)33)15-21(23)29-24-30-22(16-36-24)18-3-5-19(6-4-18)34-14-13-31-11-9-25(26,27)10-12-31;1-2/h3-8,15-17H,9-14H2,1-2H3,(H,29,30)(H2,28,32,33);1-2H3. The summed E-state index contributed by atoms with van der Waals surface area (Å²) in [6, 6.07) is 11.9. The molecule has 0 unspecified atom stereocenters. The van der Waals surface area contributed by atoms with Gasteiger partial charge in [-0.3, -0.25) is 4.90 Å². The van der Waals surface area contributed by atoms with E-state index in [1.807, 2.05) is 62.2 Å². The summed E-state index contributed by atoms with van der Waals surface area (Å²) in [5.41, 5.74) is 2.07. The number of likely N-dealkylation sites (tertiary alicyclic amines) is 1. The number of nitrogens with two attached hydrogens (primary N) is 1. The molecule has 0 spiro atoms. The predicted octanol–water partition coefficient (Wildman–Crippen LogP) is 6.12. The van der Waals surface area contributed by atoms with Gasteiger partial charge in [0.1, 0.15) is 18.1 Å². The maximum absolute atomic E-state index is 13.3. The van der Waals surface area contributed by atoms with E-state index in [0.717, 1.165) is 11.3 Å². The Labute approximate surface area is 233 Å². The molecule has 1 fully saturated rings. The third-order valence-electron chi connectivity index (χ3n) is 5.80. The van der Waals surface area contributed by atoms with Crippen LogP contribution in [0.5, 0.6) is 11.5 Å². The van der Waals surface area contributed by atoms with Gasteiger partial charge < -0.3 is 14.8 Å². The Morgan fingerprint density at radius 1 is 1.13 bits per heavy atom. The van der Waals surface area contributed by atoms with Gasteiger partial charge in [-0.05, 0) is 56.3 Å². The Kier molecular flexibility index (Phi) is 10.6. The van der Waals surface area contributed by atoms with Crippen molar-refractivity contribution in [2.45, 2.75) is 57.5 Å². The molecule has 1 aromatic heterocycles. The number of hydrogen-bond donors (Lipinski definition) is 2. The SMILES string of the molecule is CC.CC(C)Oc1ccc(S(N)(=O)=O)cc1Nc1nc(-c2ccc(OCCN3CCC(F)(F)CC3)cc2)cs1. The first-order valence-corrected chi connectivity index (χ1v) is 15.3. The lowest BCUT2D eigenvalue weighted by molar-refractivity contribution is -0.0564. The first kappa shape index (κ1) is 30.7.